The van der Waals surface area contributed by atoms with Crippen molar-refractivity contribution in [2.45, 2.75) is 111 Å². The number of halogens is 7. The molecule has 3 fully saturated rings. The number of rotatable bonds is 10. The van der Waals surface area contributed by atoms with Crippen LogP contribution in [0, 0.1) is 61.9 Å². The Kier molecular flexibility index (Phi) is 22.8. The van der Waals surface area contributed by atoms with E-state index in [1.54, 1.807) is 47.4 Å². The molecular weight excluding hydrogens is 1120 g/mol. The van der Waals surface area contributed by atoms with E-state index in [1.807, 2.05) is 55.4 Å². The van der Waals surface area contributed by atoms with Gasteiger partial charge in [0.15, 0.2) is 0 Å². The first-order chi connectivity index (χ1) is 38.2. The van der Waals surface area contributed by atoms with E-state index >= 15 is 0 Å². The van der Waals surface area contributed by atoms with Crippen molar-refractivity contribution in [2.24, 2.45) is 17.8 Å². The van der Waals surface area contributed by atoms with E-state index in [0.29, 0.717) is 82.5 Å². The van der Waals surface area contributed by atoms with Crippen LogP contribution in [0.3, 0.4) is 0 Å². The minimum Gasteiger partial charge on any atom is -0.469 e. The van der Waals surface area contributed by atoms with E-state index in [4.69, 9.17) is 53.8 Å². The van der Waals surface area contributed by atoms with Gasteiger partial charge in [0.05, 0.1) is 39.8 Å². The fraction of sp³-hybridized carbons (Fsp3) is 0.448. The van der Waals surface area contributed by atoms with Gasteiger partial charge in [-0.3, -0.25) is 15.0 Å². The summed E-state index contributed by atoms with van der Waals surface area (Å²) in [5.74, 6) is -0.765. The molecule has 23 heteroatoms. The second-order valence-corrected chi connectivity index (χ2v) is 23.2. The zero-order chi connectivity index (χ0) is 59.2. The highest BCUT2D eigenvalue weighted by Crippen LogP contribution is 2.37. The van der Waals surface area contributed by atoms with Crippen LogP contribution in [0.25, 0.3) is 0 Å². The minimum absolute atomic E-state index is 0.0667. The van der Waals surface area contributed by atoms with Crippen LogP contribution in [0.4, 0.5) is 27.2 Å². The third kappa shape index (κ3) is 19.9. The number of nitrogens with zero attached hydrogens (tertiary/aromatic N) is 8. The quantitative estimate of drug-likeness (QED) is 0.0974. The van der Waals surface area contributed by atoms with E-state index < -0.39 is 41.0 Å². The lowest BCUT2D eigenvalue weighted by Gasteiger charge is -2.27. The van der Waals surface area contributed by atoms with Gasteiger partial charge in [-0.25, -0.2) is 37.7 Å². The lowest BCUT2D eigenvalue weighted by atomic mass is 9.96. The Labute approximate surface area is 484 Å². The summed E-state index contributed by atoms with van der Waals surface area (Å²) in [4.78, 5) is 51.2. The number of amides is 2. The molecule has 0 bridgehead atoms. The van der Waals surface area contributed by atoms with E-state index in [0.717, 1.165) is 48.6 Å². The summed E-state index contributed by atoms with van der Waals surface area (Å²) in [6, 6.07) is 9.24. The number of nitrogens with one attached hydrogen (secondary N) is 1. The molecular formula is C58H68Cl3F4N9O7. The van der Waals surface area contributed by atoms with Gasteiger partial charge < -0.3 is 39.2 Å². The molecule has 6 aromatic rings. The number of aliphatic hydroxyl groups excluding tert-OH is 1. The van der Waals surface area contributed by atoms with E-state index in [1.165, 1.54) is 49.1 Å². The van der Waals surface area contributed by atoms with Crippen molar-refractivity contribution in [1.29, 1.82) is 0 Å². The molecule has 0 unspecified atom stereocenters. The van der Waals surface area contributed by atoms with Crippen LogP contribution < -0.4 is 14.8 Å². The summed E-state index contributed by atoms with van der Waals surface area (Å²) in [5, 5.41) is 15.1. The van der Waals surface area contributed by atoms with E-state index in [-0.39, 0.29) is 41.9 Å². The molecule has 6 atom stereocenters. The second-order valence-electron chi connectivity index (χ2n) is 21.8. The Balaban J connectivity index is 0.000000184. The SMILES string of the molecule is CC(C)(C)OC(=O)N1CC[C@H]([C@@H](O)c2cncc(F)c2)C1.Cc1cc(Cl)cnc1F.Cc1cc(Cl)cnc1O[C@@H](c1cncc(F)c1)[C@H]1CCN(C(=O)OC(C)(C)C)C1.Cc1cc(Cl)cnc1O[C@@H](c1cncc(F)c1)[C@H]1CCNC1. The maximum atomic E-state index is 13.8. The number of aryl methyl sites for hydroxylation is 3. The van der Waals surface area contributed by atoms with Crippen LogP contribution in [0.2, 0.25) is 15.1 Å². The molecule has 81 heavy (non-hydrogen) atoms. The van der Waals surface area contributed by atoms with Gasteiger partial charge in [-0.05, 0) is 125 Å². The summed E-state index contributed by atoms with van der Waals surface area (Å²) >= 11 is 17.4. The average Bonchev–Trinajstić information content (AvgIpc) is 4.43. The van der Waals surface area contributed by atoms with Gasteiger partial charge in [0.2, 0.25) is 17.7 Å². The number of pyridine rings is 6. The van der Waals surface area contributed by atoms with Gasteiger partial charge in [-0.2, -0.15) is 4.39 Å². The Bertz CT molecular complexity index is 3060. The van der Waals surface area contributed by atoms with Crippen LogP contribution in [0.1, 0.15) is 112 Å². The molecule has 0 saturated carbocycles. The standard InChI is InChI=1S/C21H25ClFN3O3.C16H17ClFN3O.C15H21FN2O3.C6H5ClFN/c1-13-7-16(22)10-25-19(13)28-18(15-8-17(23)11-24-9-15)14-5-6-26(12-14)20(27)29-21(2,3)4;1-10-4-13(17)8-21-16(10)22-15(11-2-3-19-6-11)12-5-14(18)9-20-7-12;1-15(2,3)21-14(20)18-5-4-10(9-18)13(19)11-6-12(16)8-17-7-11;1-4-2-5(7)3-9-6(4)8/h7-11,14,18H,5-6,12H2,1-4H3;4-5,7-9,11,15,19H,2-3,6H2,1H3;6-8,10,13,19H,4-5,9H2,1-3H3;2-3H,1H3/t14-,18+;11-,15+;10-,13+;/m000./s1. The molecule has 0 radical (unpaired) electrons. The van der Waals surface area contributed by atoms with Crippen molar-refractivity contribution in [2.75, 3.05) is 39.3 Å². The molecule has 3 aliphatic rings. The number of ether oxygens (including phenoxy) is 4. The van der Waals surface area contributed by atoms with Gasteiger partial charge in [-0.1, -0.05) is 34.8 Å². The average molecular weight is 1190 g/mol. The summed E-state index contributed by atoms with van der Waals surface area (Å²) in [6.07, 6.45) is 12.4. The van der Waals surface area contributed by atoms with E-state index in [9.17, 15) is 32.3 Å². The molecule has 0 spiro atoms. The smallest absolute Gasteiger partial charge is 0.410 e. The molecule has 6 aromatic heterocycles. The molecule has 0 aromatic carbocycles. The first-order valence-corrected chi connectivity index (χ1v) is 27.4. The topological polar surface area (TPSA) is 187 Å². The summed E-state index contributed by atoms with van der Waals surface area (Å²) < 4.78 is 75.9. The van der Waals surface area contributed by atoms with Gasteiger partial charge in [0.25, 0.3) is 0 Å². The highest BCUT2D eigenvalue weighted by molar-refractivity contribution is 6.31. The van der Waals surface area contributed by atoms with Crippen LogP contribution in [-0.2, 0) is 9.47 Å². The Morgan fingerprint density at radius 3 is 1.38 bits per heavy atom. The van der Waals surface area contributed by atoms with Crippen LogP contribution >= 0.6 is 34.8 Å². The molecule has 0 aliphatic carbocycles. The van der Waals surface area contributed by atoms with Crippen LogP contribution in [0.15, 0.2) is 92.2 Å². The Hall–Kier alpha value is -6.45. The minimum atomic E-state index is -0.833. The van der Waals surface area contributed by atoms with Crippen molar-refractivity contribution in [3.63, 3.8) is 0 Å². The predicted molar refractivity (Wildman–Crippen MR) is 299 cm³/mol. The van der Waals surface area contributed by atoms with Gasteiger partial charge in [-0.15, -0.1) is 0 Å². The second kappa shape index (κ2) is 29.0. The third-order valence-electron chi connectivity index (χ3n) is 12.8. The number of carbonyl (C=O) groups is 2. The molecule has 16 nitrogen and oxygen atoms in total. The lowest BCUT2D eigenvalue weighted by Crippen LogP contribution is -2.36. The van der Waals surface area contributed by atoms with Gasteiger partial charge in [0, 0.05) is 121 Å². The Morgan fingerprint density at radius 1 is 0.568 bits per heavy atom. The number of aliphatic hydroxyl groups is 1. The predicted octanol–water partition coefficient (Wildman–Crippen LogP) is 13.0. The maximum Gasteiger partial charge on any atom is 0.410 e. The number of aromatic nitrogens is 6. The zero-order valence-corrected chi connectivity index (χ0v) is 48.9. The third-order valence-corrected chi connectivity index (χ3v) is 13.4. The number of hydrogen-bond donors (Lipinski definition) is 2. The molecule has 9 heterocycles. The first-order valence-electron chi connectivity index (χ1n) is 26.2. The number of hydrogen-bond acceptors (Lipinski definition) is 14. The van der Waals surface area contributed by atoms with Crippen molar-refractivity contribution >= 4 is 47.0 Å². The fourth-order valence-corrected chi connectivity index (χ4v) is 9.61. The molecule has 3 aliphatic heterocycles. The van der Waals surface area contributed by atoms with Crippen LogP contribution in [0.5, 0.6) is 11.8 Å². The maximum absolute atomic E-state index is 13.8. The Morgan fingerprint density at radius 2 is 0.975 bits per heavy atom. The molecule has 3 saturated heterocycles. The molecule has 436 valence electrons. The zero-order valence-electron chi connectivity index (χ0n) is 46.6. The van der Waals surface area contributed by atoms with Gasteiger partial charge in [0.1, 0.15) is 40.9 Å². The summed E-state index contributed by atoms with van der Waals surface area (Å²) in [7, 11) is 0. The molecule has 9 rings (SSSR count). The number of carbonyl (C=O) groups excluding carboxylic acids is 2. The van der Waals surface area contributed by atoms with E-state index in [2.05, 4.69) is 35.2 Å². The summed E-state index contributed by atoms with van der Waals surface area (Å²) in [5.41, 5.74) is 2.75. The monoisotopic (exact) mass is 1180 g/mol. The van der Waals surface area contributed by atoms with Crippen LogP contribution in [-0.4, -0.2) is 107 Å². The van der Waals surface area contributed by atoms with Crippen molar-refractivity contribution < 1.29 is 51.2 Å². The molecule has 2 N–H and O–H groups in total. The largest absolute Gasteiger partial charge is 0.469 e. The summed E-state index contributed by atoms with van der Waals surface area (Å²) in [6.45, 7) is 19.9. The molecule has 2 amide bonds. The fourth-order valence-electron chi connectivity index (χ4n) is 8.97. The van der Waals surface area contributed by atoms with Gasteiger partial charge >= 0.3 is 12.2 Å². The van der Waals surface area contributed by atoms with Crippen molar-refractivity contribution in [3.8, 4) is 11.8 Å². The van der Waals surface area contributed by atoms with Crippen molar-refractivity contribution in [3.05, 3.63) is 164 Å². The lowest BCUT2D eigenvalue weighted by molar-refractivity contribution is 0.0258. The first kappa shape index (κ1) is 63.7. The normalized spacial score (nSPS) is 18.0. The van der Waals surface area contributed by atoms with Crippen molar-refractivity contribution in [1.82, 2.24) is 45.0 Å². The number of likely N-dealkylation sites (tertiary alicyclic amines) is 2. The highest BCUT2D eigenvalue weighted by Gasteiger charge is 2.38. The highest BCUT2D eigenvalue weighted by atomic mass is 35.5.